The summed E-state index contributed by atoms with van der Waals surface area (Å²) >= 11 is 0. The molecule has 2 aromatic carbocycles. The Morgan fingerprint density at radius 2 is 1.79 bits per heavy atom. The first-order valence-corrected chi connectivity index (χ1v) is 10.8. The molecule has 0 saturated carbocycles. The average Bonchev–Trinajstić information content (AvgIpc) is 2.68. The van der Waals surface area contributed by atoms with Crippen LogP contribution < -0.4 is 4.72 Å². The van der Waals surface area contributed by atoms with Crippen LogP contribution in [-0.2, 0) is 19.6 Å². The van der Waals surface area contributed by atoms with Gasteiger partial charge in [-0.15, -0.1) is 0 Å². The Labute approximate surface area is 164 Å². The van der Waals surface area contributed by atoms with Crippen molar-refractivity contribution in [3.05, 3.63) is 42.5 Å². The Hall–Kier alpha value is -2.29. The van der Waals surface area contributed by atoms with Crippen molar-refractivity contribution in [2.24, 2.45) is 5.92 Å². The summed E-state index contributed by atoms with van der Waals surface area (Å²) in [5.74, 6) is -2.22. The number of nitrogens with one attached hydrogen (secondary N) is 1. The molecule has 0 aromatic heterocycles. The Morgan fingerprint density at radius 3 is 2.43 bits per heavy atom. The number of carboxylic acid groups (broad SMARTS) is 1. The summed E-state index contributed by atoms with van der Waals surface area (Å²) in [6.07, 6.45) is 1.87. The predicted molar refractivity (Wildman–Crippen MR) is 106 cm³/mol. The van der Waals surface area contributed by atoms with E-state index in [1.165, 1.54) is 12.1 Å². The van der Waals surface area contributed by atoms with Gasteiger partial charge >= 0.3 is 5.97 Å². The van der Waals surface area contributed by atoms with Gasteiger partial charge in [-0.25, -0.2) is 13.2 Å². The van der Waals surface area contributed by atoms with E-state index in [-0.39, 0.29) is 11.4 Å². The number of hydrogen-bond donors (Lipinski definition) is 2. The molecule has 1 saturated heterocycles. The SMILES string of the molecule is CC1CCN(C[C@H](NS(=O)(=O)c2ccc3ccccc3c2)C(=O)C(=O)O)CC1. The van der Waals surface area contributed by atoms with Crippen molar-refractivity contribution in [1.82, 2.24) is 9.62 Å². The van der Waals surface area contributed by atoms with Crippen molar-refractivity contribution in [3.8, 4) is 0 Å². The molecular weight excluding hydrogens is 380 g/mol. The highest BCUT2D eigenvalue weighted by Gasteiger charge is 2.32. The number of benzene rings is 2. The van der Waals surface area contributed by atoms with Crippen molar-refractivity contribution in [1.29, 1.82) is 0 Å². The van der Waals surface area contributed by atoms with Crippen LogP contribution in [0.15, 0.2) is 47.4 Å². The topological polar surface area (TPSA) is 104 Å². The quantitative estimate of drug-likeness (QED) is 0.683. The first kappa shape index (κ1) is 20.4. The van der Waals surface area contributed by atoms with Gasteiger partial charge in [-0.05, 0) is 54.8 Å². The minimum absolute atomic E-state index is 0.00153. The van der Waals surface area contributed by atoms with Crippen LogP contribution in [0.25, 0.3) is 10.8 Å². The molecule has 150 valence electrons. The fourth-order valence-electron chi connectivity index (χ4n) is 3.42. The summed E-state index contributed by atoms with van der Waals surface area (Å²) in [5.41, 5.74) is 0. The number of aliphatic carboxylic acids is 1. The molecule has 0 aliphatic carbocycles. The molecule has 0 bridgehead atoms. The number of carboxylic acids is 1. The van der Waals surface area contributed by atoms with E-state index in [0.29, 0.717) is 19.0 Å². The van der Waals surface area contributed by atoms with E-state index in [9.17, 15) is 18.0 Å². The molecule has 1 fully saturated rings. The number of fused-ring (bicyclic) bond motifs is 1. The van der Waals surface area contributed by atoms with Gasteiger partial charge < -0.3 is 10.0 Å². The lowest BCUT2D eigenvalue weighted by molar-refractivity contribution is -0.150. The van der Waals surface area contributed by atoms with E-state index in [0.717, 1.165) is 23.6 Å². The third-order valence-electron chi connectivity index (χ3n) is 5.17. The summed E-state index contributed by atoms with van der Waals surface area (Å²) < 4.78 is 28.0. The number of sulfonamides is 1. The van der Waals surface area contributed by atoms with Gasteiger partial charge in [-0.2, -0.15) is 4.72 Å². The summed E-state index contributed by atoms with van der Waals surface area (Å²) in [4.78, 5) is 25.3. The average molecular weight is 404 g/mol. The van der Waals surface area contributed by atoms with Gasteiger partial charge in [0, 0.05) is 6.54 Å². The number of hydrogen-bond acceptors (Lipinski definition) is 5. The van der Waals surface area contributed by atoms with Crippen LogP contribution >= 0.6 is 0 Å². The number of carbonyl (C=O) groups is 2. The molecule has 2 aromatic rings. The first-order valence-electron chi connectivity index (χ1n) is 9.27. The maximum atomic E-state index is 12.8. The smallest absolute Gasteiger partial charge is 0.373 e. The van der Waals surface area contributed by atoms with Crippen molar-refractivity contribution >= 4 is 32.5 Å². The molecule has 2 N–H and O–H groups in total. The van der Waals surface area contributed by atoms with Gasteiger partial charge in [-0.1, -0.05) is 37.3 Å². The minimum atomic E-state index is -4.05. The van der Waals surface area contributed by atoms with Crippen LogP contribution in [-0.4, -0.2) is 55.9 Å². The second kappa shape index (κ2) is 8.38. The normalized spacial score (nSPS) is 17.5. The van der Waals surface area contributed by atoms with Crippen molar-refractivity contribution in [3.63, 3.8) is 0 Å². The maximum Gasteiger partial charge on any atom is 0.373 e. The van der Waals surface area contributed by atoms with E-state index < -0.39 is 27.8 Å². The van der Waals surface area contributed by atoms with Gasteiger partial charge in [-0.3, -0.25) is 4.79 Å². The molecule has 0 amide bonds. The van der Waals surface area contributed by atoms with Crippen LogP contribution in [0.4, 0.5) is 0 Å². The second-order valence-corrected chi connectivity index (χ2v) is 9.05. The standard InChI is InChI=1S/C20H24N2O5S/c1-14-8-10-22(11-9-14)13-18(19(23)20(24)25)21-28(26,27)17-7-6-15-4-2-3-5-16(15)12-17/h2-7,12,14,18,21H,8-11,13H2,1H3,(H,24,25)/t18-/m0/s1. The molecule has 7 nitrogen and oxygen atoms in total. The van der Waals surface area contributed by atoms with Gasteiger partial charge in [0.1, 0.15) is 6.04 Å². The van der Waals surface area contributed by atoms with Crippen LogP contribution in [0.3, 0.4) is 0 Å². The number of rotatable bonds is 7. The molecule has 0 spiro atoms. The zero-order valence-corrected chi connectivity index (χ0v) is 16.5. The zero-order valence-electron chi connectivity index (χ0n) is 15.7. The van der Waals surface area contributed by atoms with E-state index in [1.807, 2.05) is 17.0 Å². The fraction of sp³-hybridized carbons (Fsp3) is 0.400. The van der Waals surface area contributed by atoms with Crippen molar-refractivity contribution in [2.45, 2.75) is 30.7 Å². The molecule has 1 atom stereocenters. The molecule has 1 aliphatic heterocycles. The highest BCUT2D eigenvalue weighted by atomic mass is 32.2. The van der Waals surface area contributed by atoms with E-state index in [2.05, 4.69) is 11.6 Å². The summed E-state index contributed by atoms with van der Waals surface area (Å²) in [6, 6.07) is 10.6. The number of likely N-dealkylation sites (tertiary alicyclic amines) is 1. The van der Waals surface area contributed by atoms with Crippen LogP contribution in [0.2, 0.25) is 0 Å². The molecule has 3 rings (SSSR count). The Bertz CT molecular complexity index is 981. The van der Waals surface area contributed by atoms with Crippen LogP contribution in [0.5, 0.6) is 0 Å². The summed E-state index contributed by atoms with van der Waals surface area (Å²) in [7, 11) is -4.05. The lowest BCUT2D eigenvalue weighted by atomic mass is 9.98. The predicted octanol–water partition coefficient (Wildman–Crippen LogP) is 1.87. The number of Topliss-reactive ketones (excluding diaryl/α,β-unsaturated/α-hetero) is 1. The van der Waals surface area contributed by atoms with Crippen molar-refractivity contribution < 1.29 is 23.1 Å². The minimum Gasteiger partial charge on any atom is -0.475 e. The third kappa shape index (κ3) is 4.76. The molecule has 0 radical (unpaired) electrons. The molecule has 28 heavy (non-hydrogen) atoms. The number of carbonyl (C=O) groups excluding carboxylic acids is 1. The zero-order chi connectivity index (χ0) is 20.3. The molecule has 0 unspecified atom stereocenters. The lowest BCUT2D eigenvalue weighted by Crippen LogP contribution is -2.51. The Balaban J connectivity index is 1.83. The van der Waals surface area contributed by atoms with Crippen molar-refractivity contribution in [2.75, 3.05) is 19.6 Å². The van der Waals surface area contributed by atoms with E-state index in [4.69, 9.17) is 5.11 Å². The summed E-state index contributed by atoms with van der Waals surface area (Å²) in [6.45, 7) is 3.61. The highest BCUT2D eigenvalue weighted by Crippen LogP contribution is 2.20. The first-order chi connectivity index (χ1) is 13.3. The maximum absolute atomic E-state index is 12.8. The van der Waals surface area contributed by atoms with E-state index >= 15 is 0 Å². The molecule has 1 heterocycles. The third-order valence-corrected chi connectivity index (χ3v) is 6.64. The Morgan fingerprint density at radius 1 is 1.14 bits per heavy atom. The van der Waals surface area contributed by atoms with Gasteiger partial charge in [0.2, 0.25) is 10.0 Å². The molecular formula is C20H24N2O5S. The lowest BCUT2D eigenvalue weighted by Gasteiger charge is -2.32. The summed E-state index contributed by atoms with van der Waals surface area (Å²) in [5, 5.41) is 10.8. The van der Waals surface area contributed by atoms with E-state index in [1.54, 1.807) is 18.2 Å². The molecule has 1 aliphatic rings. The van der Waals surface area contributed by atoms with Crippen LogP contribution in [0.1, 0.15) is 19.8 Å². The highest BCUT2D eigenvalue weighted by molar-refractivity contribution is 7.89. The number of ketones is 1. The van der Waals surface area contributed by atoms with Gasteiger partial charge in [0.15, 0.2) is 0 Å². The Kier molecular flexibility index (Phi) is 6.12. The van der Waals surface area contributed by atoms with Gasteiger partial charge in [0.05, 0.1) is 4.90 Å². The monoisotopic (exact) mass is 404 g/mol. The second-order valence-electron chi connectivity index (χ2n) is 7.34. The fourth-order valence-corrected chi connectivity index (χ4v) is 4.64. The largest absolute Gasteiger partial charge is 0.475 e. The van der Waals surface area contributed by atoms with Gasteiger partial charge in [0.25, 0.3) is 5.78 Å². The molecule has 8 heteroatoms. The number of piperidine rings is 1. The van der Waals surface area contributed by atoms with Crippen LogP contribution in [0, 0.1) is 5.92 Å². The number of nitrogens with zero attached hydrogens (tertiary/aromatic N) is 1.